The minimum atomic E-state index is -0.392. The molecule has 2 aromatic rings. The quantitative estimate of drug-likeness (QED) is 0.834. The number of aryl methyl sites for hydroxylation is 2. The van der Waals surface area contributed by atoms with Gasteiger partial charge in [0, 0.05) is 11.1 Å². The van der Waals surface area contributed by atoms with Gasteiger partial charge in [0.05, 0.1) is 0 Å². The maximum atomic E-state index is 12.6. The number of benzene rings is 2. The molecule has 110 valence electrons. The van der Waals surface area contributed by atoms with Crippen LogP contribution in [-0.4, -0.2) is 11.6 Å². The molecule has 0 N–H and O–H groups in total. The van der Waals surface area contributed by atoms with Crippen LogP contribution in [0.4, 0.5) is 0 Å². The van der Waals surface area contributed by atoms with Gasteiger partial charge in [-0.25, -0.2) is 0 Å². The van der Waals surface area contributed by atoms with Crippen LogP contribution in [0.5, 0.6) is 5.75 Å². The number of fused-ring (bicyclic) bond motifs is 1. The molecular weight excluding hydrogens is 300 g/mol. The molecule has 0 saturated carbocycles. The number of Topliss-reactive ketones (excluding diaryl/α,β-unsaturated/α-hetero) is 2. The number of carbonyl (C=O) groups is 2. The molecule has 0 amide bonds. The molecule has 0 atom stereocenters. The number of allylic oxidation sites excluding steroid dienone is 2. The molecule has 0 aromatic heterocycles. The Hall–Kier alpha value is -2.39. The van der Waals surface area contributed by atoms with E-state index in [2.05, 4.69) is 0 Å². The minimum absolute atomic E-state index is 0.112. The highest BCUT2D eigenvalue weighted by Gasteiger charge is 2.33. The highest BCUT2D eigenvalue weighted by Crippen LogP contribution is 2.31. The van der Waals surface area contributed by atoms with Crippen LogP contribution in [0.15, 0.2) is 53.3 Å². The lowest BCUT2D eigenvalue weighted by molar-refractivity contribution is 0.0943. The molecule has 2 aromatic carbocycles. The molecule has 1 aliphatic rings. The third kappa shape index (κ3) is 2.34. The predicted octanol–water partition coefficient (Wildman–Crippen LogP) is 4.21. The Labute approximate surface area is 133 Å². The summed E-state index contributed by atoms with van der Waals surface area (Å²) >= 11 is 6.08. The summed E-state index contributed by atoms with van der Waals surface area (Å²) in [4.78, 5) is 24.8. The number of hydrogen-bond donors (Lipinski definition) is 0. The molecule has 22 heavy (non-hydrogen) atoms. The summed E-state index contributed by atoms with van der Waals surface area (Å²) in [5, 5.41) is -0.176. The zero-order valence-corrected chi connectivity index (χ0v) is 12.9. The van der Waals surface area contributed by atoms with Crippen molar-refractivity contribution in [3.63, 3.8) is 0 Å². The van der Waals surface area contributed by atoms with Crippen molar-refractivity contribution in [2.24, 2.45) is 0 Å². The van der Waals surface area contributed by atoms with Crippen molar-refractivity contribution < 1.29 is 14.3 Å². The zero-order valence-electron chi connectivity index (χ0n) is 12.1. The van der Waals surface area contributed by atoms with Crippen LogP contribution in [-0.2, 0) is 0 Å². The van der Waals surface area contributed by atoms with Gasteiger partial charge in [-0.3, -0.25) is 9.59 Å². The van der Waals surface area contributed by atoms with Crippen LogP contribution in [0.2, 0.25) is 0 Å². The van der Waals surface area contributed by atoms with Gasteiger partial charge < -0.3 is 4.74 Å². The van der Waals surface area contributed by atoms with Gasteiger partial charge in [-0.15, -0.1) is 0 Å². The molecule has 0 saturated heterocycles. The highest BCUT2D eigenvalue weighted by atomic mass is 35.5. The van der Waals surface area contributed by atoms with E-state index in [0.29, 0.717) is 16.9 Å². The van der Waals surface area contributed by atoms with E-state index in [1.807, 2.05) is 32.0 Å². The molecule has 0 bridgehead atoms. The van der Waals surface area contributed by atoms with Crippen LogP contribution < -0.4 is 4.74 Å². The van der Waals surface area contributed by atoms with E-state index >= 15 is 0 Å². The van der Waals surface area contributed by atoms with Crippen LogP contribution >= 0.6 is 11.6 Å². The lowest BCUT2D eigenvalue weighted by Crippen LogP contribution is -2.23. The molecule has 0 fully saturated rings. The first-order chi connectivity index (χ1) is 10.5. The first-order valence-corrected chi connectivity index (χ1v) is 7.20. The maximum absolute atomic E-state index is 12.6. The smallest absolute Gasteiger partial charge is 0.230 e. The van der Waals surface area contributed by atoms with Crippen LogP contribution in [0.25, 0.3) is 0 Å². The average Bonchev–Trinajstić information content (AvgIpc) is 2.52. The minimum Gasteiger partial charge on any atom is -0.451 e. The van der Waals surface area contributed by atoms with Crippen molar-refractivity contribution in [3.8, 4) is 5.75 Å². The van der Waals surface area contributed by atoms with E-state index in [9.17, 15) is 9.59 Å². The summed E-state index contributed by atoms with van der Waals surface area (Å²) in [5.41, 5.74) is 2.48. The van der Waals surface area contributed by atoms with E-state index in [4.69, 9.17) is 16.3 Å². The first kappa shape index (κ1) is 14.5. The van der Waals surface area contributed by atoms with Gasteiger partial charge in [0.25, 0.3) is 0 Å². The van der Waals surface area contributed by atoms with Gasteiger partial charge in [0.2, 0.25) is 11.6 Å². The van der Waals surface area contributed by atoms with Crippen LogP contribution in [0.3, 0.4) is 0 Å². The average molecular weight is 313 g/mol. The third-order valence-electron chi connectivity index (χ3n) is 3.58. The Morgan fingerprint density at radius 2 is 1.55 bits per heavy atom. The number of rotatable bonds is 2. The summed E-state index contributed by atoms with van der Waals surface area (Å²) in [6.07, 6.45) is 0. The van der Waals surface area contributed by atoms with Crippen LogP contribution in [0.1, 0.15) is 31.8 Å². The Morgan fingerprint density at radius 3 is 2.23 bits per heavy atom. The maximum Gasteiger partial charge on any atom is 0.230 e. The predicted molar refractivity (Wildman–Crippen MR) is 84.5 cm³/mol. The van der Waals surface area contributed by atoms with E-state index in [1.54, 1.807) is 24.3 Å². The van der Waals surface area contributed by atoms with Crippen molar-refractivity contribution in [1.82, 2.24) is 0 Å². The molecule has 1 aliphatic carbocycles. The molecule has 0 unspecified atom stereocenters. The van der Waals surface area contributed by atoms with Crippen molar-refractivity contribution in [3.05, 3.63) is 75.5 Å². The Bertz CT molecular complexity index is 834. The van der Waals surface area contributed by atoms with Gasteiger partial charge in [-0.1, -0.05) is 48.0 Å². The van der Waals surface area contributed by atoms with Crippen molar-refractivity contribution in [1.29, 1.82) is 0 Å². The van der Waals surface area contributed by atoms with Crippen LogP contribution in [0, 0.1) is 13.8 Å². The molecule has 4 heteroatoms. The summed E-state index contributed by atoms with van der Waals surface area (Å²) in [6, 6.07) is 12.2. The number of halogens is 1. The highest BCUT2D eigenvalue weighted by molar-refractivity contribution is 6.49. The molecule has 0 aliphatic heterocycles. The van der Waals surface area contributed by atoms with E-state index in [0.717, 1.165) is 11.1 Å². The number of hydrogen-bond acceptors (Lipinski definition) is 3. The fourth-order valence-corrected chi connectivity index (χ4v) is 2.57. The standard InChI is InChI=1S/C18H13ClO3/c1-10-7-8-11(2)14(9-10)22-18-15(19)16(20)12-5-3-4-6-13(12)17(18)21/h3-9H,1-2H3. The second-order valence-electron chi connectivity index (χ2n) is 5.22. The Kier molecular flexibility index (Phi) is 3.59. The number of ether oxygens (including phenoxy) is 1. The summed E-state index contributed by atoms with van der Waals surface area (Å²) in [7, 11) is 0. The second kappa shape index (κ2) is 5.43. The van der Waals surface area contributed by atoms with E-state index in [-0.39, 0.29) is 16.6 Å². The molecule has 0 spiro atoms. The SMILES string of the molecule is Cc1ccc(C)c(OC2=C(Cl)C(=O)c3ccccc3C2=O)c1. The fourth-order valence-electron chi connectivity index (χ4n) is 2.34. The Balaban J connectivity index is 2.07. The Morgan fingerprint density at radius 1 is 0.909 bits per heavy atom. The zero-order chi connectivity index (χ0) is 15.9. The summed E-state index contributed by atoms with van der Waals surface area (Å²) < 4.78 is 5.70. The van der Waals surface area contributed by atoms with E-state index < -0.39 is 5.78 Å². The van der Waals surface area contributed by atoms with Gasteiger partial charge >= 0.3 is 0 Å². The number of carbonyl (C=O) groups excluding carboxylic acids is 2. The normalized spacial score (nSPS) is 14.1. The lowest BCUT2D eigenvalue weighted by Gasteiger charge is -2.18. The third-order valence-corrected chi connectivity index (χ3v) is 3.92. The van der Waals surface area contributed by atoms with E-state index in [1.165, 1.54) is 0 Å². The molecule has 0 heterocycles. The van der Waals surface area contributed by atoms with Gasteiger partial charge in [0.1, 0.15) is 10.8 Å². The van der Waals surface area contributed by atoms with Gasteiger partial charge in [0.15, 0.2) is 5.76 Å². The van der Waals surface area contributed by atoms with Gasteiger partial charge in [-0.05, 0) is 31.0 Å². The summed E-state index contributed by atoms with van der Waals surface area (Å²) in [6.45, 7) is 3.79. The monoisotopic (exact) mass is 312 g/mol. The van der Waals surface area contributed by atoms with Gasteiger partial charge in [-0.2, -0.15) is 0 Å². The topological polar surface area (TPSA) is 43.4 Å². The first-order valence-electron chi connectivity index (χ1n) is 6.82. The largest absolute Gasteiger partial charge is 0.451 e. The molecule has 0 radical (unpaired) electrons. The molecule has 3 nitrogen and oxygen atoms in total. The molecule has 3 rings (SSSR count). The summed E-state index contributed by atoms with van der Waals surface area (Å²) in [5.74, 6) is -0.356. The molecular formula is C18H13ClO3. The van der Waals surface area contributed by atoms with Crippen molar-refractivity contribution in [2.75, 3.05) is 0 Å². The van der Waals surface area contributed by atoms with Crippen molar-refractivity contribution >= 4 is 23.2 Å². The lowest BCUT2D eigenvalue weighted by atomic mass is 9.93. The van der Waals surface area contributed by atoms with Crippen molar-refractivity contribution in [2.45, 2.75) is 13.8 Å². The fraction of sp³-hybridized carbons (Fsp3) is 0.111. The second-order valence-corrected chi connectivity index (χ2v) is 5.60. The number of ketones is 2.